The van der Waals surface area contributed by atoms with Crippen LogP contribution in [0.15, 0.2) is 101 Å². The number of anilines is 3. The van der Waals surface area contributed by atoms with Crippen molar-refractivity contribution >= 4 is 50.3 Å². The molecule has 2 aliphatic rings. The van der Waals surface area contributed by atoms with Crippen molar-refractivity contribution < 1.29 is 0 Å². The standard InChI is InChI=1S/C24H19BrN2S/c1-26-21-13-7-8-14-22(21)28-24(26)16-17-15-23(25)27(18-9-3-2-4-10-18)20-12-6-5-11-19(17)20/h2-16,24H,1H3. The van der Waals surface area contributed by atoms with E-state index in [0.717, 1.165) is 10.3 Å². The number of fused-ring (bicyclic) bond motifs is 2. The second-order valence-electron chi connectivity index (χ2n) is 6.86. The van der Waals surface area contributed by atoms with Gasteiger partial charge in [0.25, 0.3) is 0 Å². The summed E-state index contributed by atoms with van der Waals surface area (Å²) in [4.78, 5) is 5.94. The number of allylic oxidation sites excluding steroid dienone is 2. The van der Waals surface area contributed by atoms with Gasteiger partial charge in [0.1, 0.15) is 0 Å². The third kappa shape index (κ3) is 2.97. The van der Waals surface area contributed by atoms with E-state index >= 15 is 0 Å². The molecule has 0 N–H and O–H groups in total. The summed E-state index contributed by atoms with van der Waals surface area (Å²) in [5.41, 5.74) is 6.13. The van der Waals surface area contributed by atoms with Crippen molar-refractivity contribution in [1.29, 1.82) is 0 Å². The van der Waals surface area contributed by atoms with E-state index in [2.05, 4.69) is 118 Å². The van der Waals surface area contributed by atoms with Crippen LogP contribution in [0.5, 0.6) is 0 Å². The van der Waals surface area contributed by atoms with Crippen molar-refractivity contribution in [1.82, 2.24) is 0 Å². The Morgan fingerprint density at radius 1 is 0.857 bits per heavy atom. The second kappa shape index (κ2) is 7.19. The summed E-state index contributed by atoms with van der Waals surface area (Å²) in [5, 5.41) is 0.278. The molecule has 1 unspecified atom stereocenters. The Labute approximate surface area is 178 Å². The van der Waals surface area contributed by atoms with Gasteiger partial charge in [0, 0.05) is 23.2 Å². The van der Waals surface area contributed by atoms with Crippen LogP contribution < -0.4 is 9.80 Å². The van der Waals surface area contributed by atoms with Gasteiger partial charge in [-0.3, -0.25) is 0 Å². The van der Waals surface area contributed by atoms with E-state index in [-0.39, 0.29) is 5.37 Å². The minimum Gasteiger partial charge on any atom is -0.358 e. The highest BCUT2D eigenvalue weighted by Crippen LogP contribution is 2.46. The molecule has 0 spiro atoms. The molecule has 0 fully saturated rings. The van der Waals surface area contributed by atoms with Gasteiger partial charge < -0.3 is 9.80 Å². The Morgan fingerprint density at radius 2 is 1.54 bits per heavy atom. The molecule has 2 aliphatic heterocycles. The van der Waals surface area contributed by atoms with Crippen molar-refractivity contribution in [2.24, 2.45) is 0 Å². The summed E-state index contributed by atoms with van der Waals surface area (Å²) < 4.78 is 1.05. The maximum Gasteiger partial charge on any atom is 0.0988 e. The van der Waals surface area contributed by atoms with Gasteiger partial charge in [0.2, 0.25) is 0 Å². The van der Waals surface area contributed by atoms with Crippen LogP contribution in [0, 0.1) is 0 Å². The number of hydrogen-bond acceptors (Lipinski definition) is 3. The van der Waals surface area contributed by atoms with Crippen LogP contribution in [0.1, 0.15) is 5.56 Å². The van der Waals surface area contributed by atoms with E-state index < -0.39 is 0 Å². The number of thioether (sulfide) groups is 1. The van der Waals surface area contributed by atoms with Gasteiger partial charge in [0.05, 0.1) is 21.4 Å². The lowest BCUT2D eigenvalue weighted by atomic mass is 9.99. The summed E-state index contributed by atoms with van der Waals surface area (Å²) in [7, 11) is 2.17. The third-order valence-corrected chi connectivity index (χ3v) is 7.03. The summed E-state index contributed by atoms with van der Waals surface area (Å²) in [6.45, 7) is 0. The molecule has 5 rings (SSSR count). The molecule has 138 valence electrons. The summed E-state index contributed by atoms with van der Waals surface area (Å²) >= 11 is 5.72. The zero-order valence-corrected chi connectivity index (χ0v) is 17.8. The Hall–Kier alpha value is -2.43. The smallest absolute Gasteiger partial charge is 0.0988 e. The largest absolute Gasteiger partial charge is 0.358 e. The topological polar surface area (TPSA) is 6.48 Å². The summed E-state index contributed by atoms with van der Waals surface area (Å²) in [6.07, 6.45) is 4.60. The second-order valence-corrected chi connectivity index (χ2v) is 8.84. The highest BCUT2D eigenvalue weighted by molar-refractivity contribution is 9.11. The molecule has 0 saturated carbocycles. The van der Waals surface area contributed by atoms with Crippen LogP contribution in [0.4, 0.5) is 17.1 Å². The number of nitrogens with zero attached hydrogens (tertiary/aromatic N) is 2. The number of rotatable bonds is 2. The summed E-state index contributed by atoms with van der Waals surface area (Å²) in [6, 6.07) is 27.7. The van der Waals surface area contributed by atoms with E-state index in [1.807, 2.05) is 17.8 Å². The molecule has 3 aromatic carbocycles. The molecule has 0 amide bonds. The lowest BCUT2D eigenvalue weighted by molar-refractivity contribution is 0.991. The molecule has 0 radical (unpaired) electrons. The molecule has 28 heavy (non-hydrogen) atoms. The van der Waals surface area contributed by atoms with Crippen molar-refractivity contribution in [3.05, 3.63) is 101 Å². The predicted molar refractivity (Wildman–Crippen MR) is 124 cm³/mol. The van der Waals surface area contributed by atoms with Crippen molar-refractivity contribution in [2.45, 2.75) is 10.3 Å². The average molecular weight is 447 g/mol. The van der Waals surface area contributed by atoms with Gasteiger partial charge >= 0.3 is 0 Å². The molecule has 0 aliphatic carbocycles. The first-order valence-electron chi connectivity index (χ1n) is 9.24. The van der Waals surface area contributed by atoms with Crippen molar-refractivity contribution in [3.8, 4) is 0 Å². The number of halogens is 1. The fourth-order valence-electron chi connectivity index (χ4n) is 3.77. The Bertz CT molecular complexity index is 1090. The molecule has 2 nitrogen and oxygen atoms in total. The molecule has 0 aromatic heterocycles. The summed E-state index contributed by atoms with van der Waals surface area (Å²) in [5.74, 6) is 0. The van der Waals surface area contributed by atoms with Crippen LogP contribution in [0.3, 0.4) is 0 Å². The van der Waals surface area contributed by atoms with Crippen LogP contribution in [-0.4, -0.2) is 12.4 Å². The normalized spacial score (nSPS) is 19.4. The number of likely N-dealkylation sites (N-methyl/N-ethyl adjacent to an activating group) is 1. The molecule has 3 aromatic rings. The maximum absolute atomic E-state index is 3.82. The lowest BCUT2D eigenvalue weighted by Gasteiger charge is -2.31. The Morgan fingerprint density at radius 3 is 2.32 bits per heavy atom. The van der Waals surface area contributed by atoms with E-state index in [4.69, 9.17) is 0 Å². The molecule has 4 heteroatoms. The van der Waals surface area contributed by atoms with Gasteiger partial charge in [-0.15, -0.1) is 0 Å². The fraction of sp³-hybridized carbons (Fsp3) is 0.0833. The first-order valence-corrected chi connectivity index (χ1v) is 10.9. The fourth-order valence-corrected chi connectivity index (χ4v) is 5.65. The SMILES string of the molecule is CN1c2ccccc2SC1C=C1C=C(Br)N(c2ccccc2)c2ccccc21. The van der Waals surface area contributed by atoms with Gasteiger partial charge in [-0.05, 0) is 64.0 Å². The number of para-hydroxylation sites is 3. The van der Waals surface area contributed by atoms with Crippen LogP contribution in [0.2, 0.25) is 0 Å². The monoisotopic (exact) mass is 446 g/mol. The highest BCUT2D eigenvalue weighted by atomic mass is 79.9. The number of hydrogen-bond donors (Lipinski definition) is 0. The lowest BCUT2D eigenvalue weighted by Crippen LogP contribution is -2.23. The van der Waals surface area contributed by atoms with E-state index in [1.54, 1.807) is 0 Å². The Balaban J connectivity index is 1.57. The van der Waals surface area contributed by atoms with E-state index in [1.165, 1.54) is 27.4 Å². The van der Waals surface area contributed by atoms with Crippen LogP contribution in [0.25, 0.3) is 5.57 Å². The quantitative estimate of drug-likeness (QED) is 0.390. The maximum atomic E-state index is 3.82. The average Bonchev–Trinajstić information content (AvgIpc) is 3.04. The molecule has 1 atom stereocenters. The van der Waals surface area contributed by atoms with E-state index in [9.17, 15) is 0 Å². The molecular weight excluding hydrogens is 428 g/mol. The minimum absolute atomic E-state index is 0.278. The van der Waals surface area contributed by atoms with Gasteiger partial charge in [0.15, 0.2) is 0 Å². The van der Waals surface area contributed by atoms with Gasteiger partial charge in [-0.25, -0.2) is 0 Å². The highest BCUT2D eigenvalue weighted by Gasteiger charge is 2.28. The minimum atomic E-state index is 0.278. The first-order chi connectivity index (χ1) is 13.7. The van der Waals surface area contributed by atoms with Crippen LogP contribution >= 0.6 is 27.7 Å². The third-order valence-electron chi connectivity index (χ3n) is 5.16. The molecule has 2 heterocycles. The van der Waals surface area contributed by atoms with E-state index in [0.29, 0.717) is 0 Å². The first kappa shape index (κ1) is 17.7. The zero-order valence-electron chi connectivity index (χ0n) is 15.4. The predicted octanol–water partition coefficient (Wildman–Crippen LogP) is 7.03. The molecular formula is C24H19BrN2S. The van der Waals surface area contributed by atoms with Gasteiger partial charge in [-0.2, -0.15) is 0 Å². The molecule has 0 bridgehead atoms. The van der Waals surface area contributed by atoms with Gasteiger partial charge in [-0.1, -0.05) is 60.3 Å². The molecule has 0 saturated heterocycles. The van der Waals surface area contributed by atoms with Crippen LogP contribution in [-0.2, 0) is 0 Å². The number of benzene rings is 3. The van der Waals surface area contributed by atoms with Crippen molar-refractivity contribution in [2.75, 3.05) is 16.8 Å². The zero-order chi connectivity index (χ0) is 19.1. The van der Waals surface area contributed by atoms with Crippen molar-refractivity contribution in [3.63, 3.8) is 0 Å². The Kier molecular flexibility index (Phi) is 4.53.